The van der Waals surface area contributed by atoms with Gasteiger partial charge in [-0.1, -0.05) is 12.1 Å². The summed E-state index contributed by atoms with van der Waals surface area (Å²) in [6.45, 7) is 5.25. The Bertz CT molecular complexity index is 312. The minimum atomic E-state index is -3.57. The van der Waals surface area contributed by atoms with Gasteiger partial charge in [0.15, 0.2) is 5.84 Å². The molecule has 0 aliphatic rings. The highest BCUT2D eigenvalue weighted by atomic mass is 32.2. The summed E-state index contributed by atoms with van der Waals surface area (Å²) >= 11 is 0. The Hall–Kier alpha value is -0.860. The number of amidine groups is 1. The average Bonchev–Trinajstić information content (AvgIpc) is 2.12. The van der Waals surface area contributed by atoms with E-state index in [0.717, 1.165) is 4.31 Å². The molecule has 0 bridgehead atoms. The van der Waals surface area contributed by atoms with E-state index >= 15 is 0 Å². The van der Waals surface area contributed by atoms with E-state index in [-0.39, 0.29) is 18.4 Å². The summed E-state index contributed by atoms with van der Waals surface area (Å²) in [6.07, 6.45) is 0. The highest BCUT2D eigenvalue weighted by Crippen LogP contribution is 2.04. The first-order valence-corrected chi connectivity index (χ1v) is 6.02. The monoisotopic (exact) mass is 238 g/mol. The van der Waals surface area contributed by atoms with Crippen molar-refractivity contribution in [3.8, 4) is 0 Å². The van der Waals surface area contributed by atoms with Crippen LogP contribution in [0.1, 0.15) is 20.8 Å². The molecule has 0 aliphatic carbocycles. The Morgan fingerprint density at radius 1 is 1.60 bits per heavy atom. The first-order valence-electron chi connectivity index (χ1n) is 4.58. The van der Waals surface area contributed by atoms with Crippen molar-refractivity contribution in [2.45, 2.75) is 26.8 Å². The molecule has 0 radical (unpaired) electrons. The Kier molecular flexibility index (Phi) is 5.55. The minimum absolute atomic E-state index is 0.135. The van der Waals surface area contributed by atoms with Gasteiger partial charge in [-0.2, -0.15) is 12.7 Å². The van der Waals surface area contributed by atoms with Crippen molar-refractivity contribution in [2.75, 3.05) is 13.1 Å². The number of hydrogen-bond acceptors (Lipinski definition) is 4. The normalized spacial score (nSPS) is 13.8. The van der Waals surface area contributed by atoms with Gasteiger partial charge < -0.3 is 10.9 Å². The van der Waals surface area contributed by atoms with E-state index in [1.807, 2.05) is 0 Å². The van der Waals surface area contributed by atoms with Crippen LogP contribution >= 0.6 is 0 Å². The van der Waals surface area contributed by atoms with Crippen LogP contribution < -0.4 is 10.5 Å². The van der Waals surface area contributed by atoms with Crippen LogP contribution in [0.25, 0.3) is 0 Å². The van der Waals surface area contributed by atoms with Gasteiger partial charge in [-0.05, 0) is 13.8 Å². The van der Waals surface area contributed by atoms with E-state index in [9.17, 15) is 8.42 Å². The summed E-state index contributed by atoms with van der Waals surface area (Å²) in [5, 5.41) is 11.1. The molecule has 0 aromatic rings. The van der Waals surface area contributed by atoms with Gasteiger partial charge in [-0.3, -0.25) is 0 Å². The van der Waals surface area contributed by atoms with Crippen molar-refractivity contribution in [3.63, 3.8) is 0 Å². The highest BCUT2D eigenvalue weighted by molar-refractivity contribution is 7.87. The molecule has 7 nitrogen and oxygen atoms in total. The number of nitrogens with zero attached hydrogens (tertiary/aromatic N) is 2. The van der Waals surface area contributed by atoms with E-state index in [2.05, 4.69) is 9.88 Å². The maximum Gasteiger partial charge on any atom is 0.280 e. The van der Waals surface area contributed by atoms with Crippen molar-refractivity contribution in [2.24, 2.45) is 10.9 Å². The van der Waals surface area contributed by atoms with Gasteiger partial charge in [0.2, 0.25) is 0 Å². The Balaban J connectivity index is 4.82. The van der Waals surface area contributed by atoms with Crippen LogP contribution in [0.2, 0.25) is 0 Å². The zero-order valence-electron chi connectivity index (χ0n) is 9.14. The molecule has 0 rings (SSSR count). The maximum absolute atomic E-state index is 11.6. The predicted molar refractivity (Wildman–Crippen MR) is 57.8 cm³/mol. The second kappa shape index (κ2) is 5.89. The third-order valence-electron chi connectivity index (χ3n) is 1.66. The van der Waals surface area contributed by atoms with Crippen LogP contribution in [-0.4, -0.2) is 42.9 Å². The first-order chi connectivity index (χ1) is 6.85. The van der Waals surface area contributed by atoms with Crippen LogP contribution in [-0.2, 0) is 10.2 Å². The van der Waals surface area contributed by atoms with E-state index in [0.29, 0.717) is 6.54 Å². The van der Waals surface area contributed by atoms with Gasteiger partial charge in [-0.25, -0.2) is 4.72 Å². The zero-order chi connectivity index (χ0) is 12.1. The lowest BCUT2D eigenvalue weighted by molar-refractivity contribution is 0.311. The lowest BCUT2D eigenvalue weighted by atomic mass is 10.4. The standard InChI is InChI=1S/C7H18N4O3S/c1-4-9-15(13,14)11(6(2)3)5-7(8)10-12/h6,9,12H,4-5H2,1-3H3,(H2,8,10). The molecular formula is C7H18N4O3S. The van der Waals surface area contributed by atoms with Crippen LogP contribution in [0.5, 0.6) is 0 Å². The average molecular weight is 238 g/mol. The third-order valence-corrected chi connectivity index (χ3v) is 3.48. The molecule has 15 heavy (non-hydrogen) atoms. The molecule has 0 aliphatic heterocycles. The van der Waals surface area contributed by atoms with Crippen molar-refractivity contribution in [1.82, 2.24) is 9.03 Å². The largest absolute Gasteiger partial charge is 0.409 e. The molecule has 90 valence electrons. The lowest BCUT2D eigenvalue weighted by Crippen LogP contribution is -2.48. The van der Waals surface area contributed by atoms with E-state index in [1.54, 1.807) is 20.8 Å². The molecule has 0 spiro atoms. The number of oxime groups is 1. The molecule has 8 heteroatoms. The fourth-order valence-corrected chi connectivity index (χ4v) is 2.39. The van der Waals surface area contributed by atoms with Gasteiger partial charge in [0, 0.05) is 12.6 Å². The molecule has 0 aromatic carbocycles. The molecule has 0 aromatic heterocycles. The fourth-order valence-electron chi connectivity index (χ4n) is 1.00. The predicted octanol–water partition coefficient (Wildman–Crippen LogP) is -0.702. The van der Waals surface area contributed by atoms with E-state index in [4.69, 9.17) is 10.9 Å². The Morgan fingerprint density at radius 3 is 2.47 bits per heavy atom. The molecular weight excluding hydrogens is 220 g/mol. The topological polar surface area (TPSA) is 108 Å². The second-order valence-corrected chi connectivity index (χ2v) is 4.94. The second-order valence-electron chi connectivity index (χ2n) is 3.23. The fraction of sp³-hybridized carbons (Fsp3) is 0.857. The SMILES string of the molecule is CCNS(=O)(=O)N(CC(N)=NO)C(C)C. The zero-order valence-corrected chi connectivity index (χ0v) is 9.95. The first kappa shape index (κ1) is 14.1. The van der Waals surface area contributed by atoms with Crippen LogP contribution in [0.3, 0.4) is 0 Å². The third kappa shape index (κ3) is 4.45. The molecule has 0 saturated carbocycles. The van der Waals surface area contributed by atoms with Gasteiger partial charge in [0.05, 0.1) is 6.54 Å². The van der Waals surface area contributed by atoms with Crippen LogP contribution in [0, 0.1) is 0 Å². The summed E-state index contributed by atoms with van der Waals surface area (Å²) < 4.78 is 26.7. The van der Waals surface area contributed by atoms with Crippen molar-refractivity contribution in [1.29, 1.82) is 0 Å². The minimum Gasteiger partial charge on any atom is -0.409 e. The molecule has 0 atom stereocenters. The maximum atomic E-state index is 11.6. The van der Waals surface area contributed by atoms with Crippen molar-refractivity contribution in [3.05, 3.63) is 0 Å². The number of nitrogens with two attached hydrogens (primary N) is 1. The molecule has 0 saturated heterocycles. The van der Waals surface area contributed by atoms with Crippen LogP contribution in [0.4, 0.5) is 0 Å². The molecule has 4 N–H and O–H groups in total. The Labute approximate surface area is 90.1 Å². The molecule has 0 amide bonds. The highest BCUT2D eigenvalue weighted by Gasteiger charge is 2.24. The van der Waals surface area contributed by atoms with Gasteiger partial charge in [-0.15, -0.1) is 0 Å². The van der Waals surface area contributed by atoms with Gasteiger partial charge >= 0.3 is 0 Å². The number of nitrogens with one attached hydrogen (secondary N) is 1. The van der Waals surface area contributed by atoms with E-state index < -0.39 is 10.2 Å². The number of hydrogen-bond donors (Lipinski definition) is 3. The summed E-state index contributed by atoms with van der Waals surface area (Å²) in [5.74, 6) is -0.148. The van der Waals surface area contributed by atoms with Crippen LogP contribution in [0.15, 0.2) is 5.16 Å². The van der Waals surface area contributed by atoms with E-state index in [1.165, 1.54) is 0 Å². The lowest BCUT2D eigenvalue weighted by Gasteiger charge is -2.24. The van der Waals surface area contributed by atoms with Gasteiger partial charge in [0.25, 0.3) is 10.2 Å². The quantitative estimate of drug-likeness (QED) is 0.246. The number of rotatable bonds is 6. The summed E-state index contributed by atoms with van der Waals surface area (Å²) in [5.41, 5.74) is 5.27. The summed E-state index contributed by atoms with van der Waals surface area (Å²) in [7, 11) is -3.57. The molecule has 0 unspecified atom stereocenters. The van der Waals surface area contributed by atoms with Gasteiger partial charge in [0.1, 0.15) is 0 Å². The molecule has 0 fully saturated rings. The summed E-state index contributed by atoms with van der Waals surface area (Å²) in [4.78, 5) is 0. The Morgan fingerprint density at radius 2 is 2.13 bits per heavy atom. The molecule has 0 heterocycles. The summed E-state index contributed by atoms with van der Waals surface area (Å²) in [6, 6.07) is -0.269. The smallest absolute Gasteiger partial charge is 0.280 e. The van der Waals surface area contributed by atoms with Crippen molar-refractivity contribution >= 4 is 16.0 Å². The van der Waals surface area contributed by atoms with Crippen molar-refractivity contribution < 1.29 is 13.6 Å².